The van der Waals surface area contributed by atoms with E-state index in [0.717, 1.165) is 53.2 Å². The molecule has 1 aliphatic carbocycles. The first-order chi connectivity index (χ1) is 15.3. The van der Waals surface area contributed by atoms with Gasteiger partial charge in [-0.05, 0) is 52.8 Å². The molecule has 0 spiro atoms. The molecule has 5 nitrogen and oxygen atoms in total. The van der Waals surface area contributed by atoms with Gasteiger partial charge < -0.3 is 24.5 Å². The summed E-state index contributed by atoms with van der Waals surface area (Å²) in [5, 5.41) is 24.8. The van der Waals surface area contributed by atoms with Crippen molar-refractivity contribution in [2.75, 3.05) is 6.61 Å². The third-order valence-electron chi connectivity index (χ3n) is 5.86. The van der Waals surface area contributed by atoms with Gasteiger partial charge in [0.25, 0.3) is 0 Å². The molecule has 3 rings (SSSR count). The number of carbonyl (C=O) groups is 2. The number of hydrogen-bond acceptors (Lipinski definition) is 5. The van der Waals surface area contributed by atoms with Crippen LogP contribution >= 0.6 is 0 Å². The van der Waals surface area contributed by atoms with E-state index in [-0.39, 0.29) is 65.5 Å². The normalized spacial score (nSPS) is 14.8. The monoisotopic (exact) mass is 478 g/mol. The van der Waals surface area contributed by atoms with Crippen molar-refractivity contribution in [2.24, 2.45) is 0 Å². The SMILES string of the molecule is C=C(C(OCC(=O)[O-])=C(C)CCCCC)C1C(CC(=O)[O-])=Cc2cccc3cccc1c23.[Na+].[Na+]. The zero-order valence-electron chi connectivity index (χ0n) is 20.6. The van der Waals surface area contributed by atoms with Crippen molar-refractivity contribution in [3.05, 3.63) is 76.6 Å². The van der Waals surface area contributed by atoms with Gasteiger partial charge in [0.05, 0.1) is 5.97 Å². The molecule has 168 valence electrons. The molecule has 0 aliphatic heterocycles. The molecule has 2 aromatic carbocycles. The number of benzene rings is 2. The Balaban J connectivity index is 0.00000289. The van der Waals surface area contributed by atoms with Crippen molar-refractivity contribution in [2.45, 2.75) is 51.9 Å². The number of carboxylic acids is 2. The molecule has 0 saturated heterocycles. The largest absolute Gasteiger partial charge is 1.00 e. The topological polar surface area (TPSA) is 89.5 Å². The van der Waals surface area contributed by atoms with Gasteiger partial charge in [-0.15, -0.1) is 0 Å². The van der Waals surface area contributed by atoms with E-state index in [1.807, 2.05) is 49.4 Å². The zero-order valence-corrected chi connectivity index (χ0v) is 24.6. The summed E-state index contributed by atoms with van der Waals surface area (Å²) in [6.07, 6.45) is 5.41. The maximum Gasteiger partial charge on any atom is 1.00 e. The second-order valence-corrected chi connectivity index (χ2v) is 8.25. The third-order valence-corrected chi connectivity index (χ3v) is 5.86. The molecule has 0 radical (unpaired) electrons. The van der Waals surface area contributed by atoms with E-state index in [1.54, 1.807) is 0 Å². The van der Waals surface area contributed by atoms with E-state index in [2.05, 4.69) is 13.5 Å². The van der Waals surface area contributed by atoms with Crippen LogP contribution in [-0.4, -0.2) is 18.5 Å². The van der Waals surface area contributed by atoms with Gasteiger partial charge in [-0.1, -0.05) is 74.4 Å². The van der Waals surface area contributed by atoms with Crippen molar-refractivity contribution in [1.82, 2.24) is 0 Å². The van der Waals surface area contributed by atoms with Gasteiger partial charge in [-0.2, -0.15) is 0 Å². The Kier molecular flexibility index (Phi) is 12.9. The summed E-state index contributed by atoms with van der Waals surface area (Å²) in [6.45, 7) is 7.70. The Morgan fingerprint density at radius 1 is 1.03 bits per heavy atom. The molecule has 1 atom stereocenters. The second kappa shape index (κ2) is 14.3. The molecule has 0 saturated carbocycles. The fourth-order valence-electron chi connectivity index (χ4n) is 4.48. The van der Waals surface area contributed by atoms with E-state index >= 15 is 0 Å². The van der Waals surface area contributed by atoms with Crippen LogP contribution in [0.5, 0.6) is 0 Å². The summed E-state index contributed by atoms with van der Waals surface area (Å²) < 4.78 is 5.68. The first-order valence-corrected chi connectivity index (χ1v) is 11.0. The summed E-state index contributed by atoms with van der Waals surface area (Å²) >= 11 is 0. The van der Waals surface area contributed by atoms with Gasteiger partial charge >= 0.3 is 59.1 Å². The summed E-state index contributed by atoms with van der Waals surface area (Å²) in [5.41, 5.74) is 3.95. The first-order valence-electron chi connectivity index (χ1n) is 11.0. The van der Waals surface area contributed by atoms with Crippen LogP contribution in [0.15, 0.2) is 65.5 Å². The second-order valence-electron chi connectivity index (χ2n) is 8.25. The molecule has 7 heteroatoms. The molecule has 1 aliphatic rings. The van der Waals surface area contributed by atoms with Crippen molar-refractivity contribution >= 4 is 28.8 Å². The van der Waals surface area contributed by atoms with Crippen LogP contribution in [0.1, 0.15) is 63.0 Å². The predicted molar refractivity (Wildman–Crippen MR) is 121 cm³/mol. The van der Waals surface area contributed by atoms with Crippen LogP contribution < -0.4 is 69.3 Å². The maximum atomic E-state index is 11.6. The number of unbranched alkanes of at least 4 members (excludes halogenated alkanes) is 2. The average Bonchev–Trinajstić information content (AvgIpc) is 2.73. The van der Waals surface area contributed by atoms with Gasteiger partial charge in [-0.25, -0.2) is 0 Å². The van der Waals surface area contributed by atoms with Gasteiger partial charge in [0.15, 0.2) is 0 Å². The van der Waals surface area contributed by atoms with Crippen molar-refractivity contribution in [3.63, 3.8) is 0 Å². The van der Waals surface area contributed by atoms with Gasteiger partial charge in [-0.3, -0.25) is 0 Å². The molecule has 2 aromatic rings. The van der Waals surface area contributed by atoms with E-state index in [0.29, 0.717) is 16.9 Å². The summed E-state index contributed by atoms with van der Waals surface area (Å²) in [7, 11) is 0. The minimum absolute atomic E-state index is 0. The Morgan fingerprint density at radius 3 is 2.32 bits per heavy atom. The Bertz CT molecular complexity index is 1110. The number of carbonyl (C=O) groups excluding carboxylic acids is 2. The summed E-state index contributed by atoms with van der Waals surface area (Å²) in [6, 6.07) is 11.8. The molecule has 0 heterocycles. The molecular weight excluding hydrogens is 450 g/mol. The maximum absolute atomic E-state index is 11.6. The van der Waals surface area contributed by atoms with Gasteiger partial charge in [0, 0.05) is 18.3 Å². The minimum Gasteiger partial charge on any atom is -0.550 e. The quantitative estimate of drug-likeness (QED) is 0.156. The molecule has 34 heavy (non-hydrogen) atoms. The van der Waals surface area contributed by atoms with Crippen LogP contribution in [0, 0.1) is 0 Å². The number of ether oxygens (including phenoxy) is 1. The Hall–Kier alpha value is -1.34. The van der Waals surface area contributed by atoms with E-state index in [4.69, 9.17) is 4.74 Å². The predicted octanol–water partition coefficient (Wildman–Crippen LogP) is -2.35. The van der Waals surface area contributed by atoms with E-state index < -0.39 is 24.5 Å². The number of carboxylic acid groups (broad SMARTS) is 2. The van der Waals surface area contributed by atoms with Crippen molar-refractivity contribution in [3.8, 4) is 0 Å². The molecule has 0 N–H and O–H groups in total. The first kappa shape index (κ1) is 30.7. The molecule has 0 amide bonds. The van der Waals surface area contributed by atoms with Crippen LogP contribution in [0.2, 0.25) is 0 Å². The molecule has 0 aromatic heterocycles. The molecule has 1 unspecified atom stereocenters. The smallest absolute Gasteiger partial charge is 0.550 e. The standard InChI is InChI=1S/C27H30O5.2Na/c1-4-5-6-9-17(2)27(32-16-24(30)31)18(3)25-21(15-23(28)29)14-20-12-7-10-19-11-8-13-22(25)26(19)20;;/h7-8,10-14,25H,3-6,9,15-16H2,1-2H3,(H,28,29)(H,30,31);;/q;2*+1/p-2. The van der Waals surface area contributed by atoms with Crippen LogP contribution in [0.3, 0.4) is 0 Å². The summed E-state index contributed by atoms with van der Waals surface area (Å²) in [5.74, 6) is -2.54. The fourth-order valence-corrected chi connectivity index (χ4v) is 4.48. The van der Waals surface area contributed by atoms with Crippen LogP contribution in [0.25, 0.3) is 16.8 Å². The van der Waals surface area contributed by atoms with Crippen LogP contribution in [0.4, 0.5) is 0 Å². The number of allylic oxidation sites excluding steroid dienone is 2. The van der Waals surface area contributed by atoms with Crippen molar-refractivity contribution < 1.29 is 83.7 Å². The average molecular weight is 478 g/mol. The Labute approximate surface area is 245 Å². The van der Waals surface area contributed by atoms with Gasteiger partial charge in [0.2, 0.25) is 0 Å². The van der Waals surface area contributed by atoms with E-state index in [1.165, 1.54) is 0 Å². The fraction of sp³-hybridized carbons (Fsp3) is 0.333. The van der Waals surface area contributed by atoms with Crippen LogP contribution in [-0.2, 0) is 14.3 Å². The van der Waals surface area contributed by atoms with E-state index in [9.17, 15) is 19.8 Å². The Morgan fingerprint density at radius 2 is 1.71 bits per heavy atom. The number of rotatable bonds is 11. The third kappa shape index (κ3) is 7.33. The van der Waals surface area contributed by atoms with Gasteiger partial charge in [0.1, 0.15) is 12.4 Å². The van der Waals surface area contributed by atoms with Crippen molar-refractivity contribution in [1.29, 1.82) is 0 Å². The molecule has 0 bridgehead atoms. The zero-order chi connectivity index (χ0) is 23.3. The number of aliphatic carboxylic acids is 2. The number of hydrogen-bond donors (Lipinski definition) is 0. The molecule has 0 fully saturated rings. The minimum atomic E-state index is -1.32. The molecular formula is C27H28Na2O5. The summed E-state index contributed by atoms with van der Waals surface area (Å²) in [4.78, 5) is 22.7.